The average Bonchev–Trinajstić information content (AvgIpc) is 2.77. The van der Waals surface area contributed by atoms with E-state index in [1.165, 1.54) is 28.9 Å². The van der Waals surface area contributed by atoms with Gasteiger partial charge >= 0.3 is 0 Å². The van der Waals surface area contributed by atoms with Gasteiger partial charge in [-0.05, 0) is 43.9 Å². The molecule has 2 aromatic heterocycles. The number of benzene rings is 1. The van der Waals surface area contributed by atoms with Crippen LogP contribution >= 0.6 is 0 Å². The molecule has 0 radical (unpaired) electrons. The van der Waals surface area contributed by atoms with E-state index < -0.39 is 11.5 Å². The number of nitrogens with one attached hydrogen (secondary N) is 3. The normalized spacial score (nSPS) is 10.9. The number of nitrogens with zero attached hydrogens (tertiary/aromatic N) is 3. The molecule has 168 valence electrons. The van der Waals surface area contributed by atoms with Crippen LogP contribution in [0, 0.1) is 5.82 Å². The van der Waals surface area contributed by atoms with Gasteiger partial charge in [-0.25, -0.2) is 9.37 Å². The third kappa shape index (κ3) is 5.88. The zero-order chi connectivity index (χ0) is 23.1. The lowest BCUT2D eigenvalue weighted by Crippen LogP contribution is -2.36. The topological polar surface area (TPSA) is 108 Å². The lowest BCUT2D eigenvalue weighted by atomic mass is 10.2. The first-order valence-electron chi connectivity index (χ1n) is 10.0. The van der Waals surface area contributed by atoms with Gasteiger partial charge in [-0.2, -0.15) is 0 Å². The van der Waals surface area contributed by atoms with Gasteiger partial charge in [-0.3, -0.25) is 18.8 Å². The molecule has 0 unspecified atom stereocenters. The molecule has 3 N–H and O–H groups in total. The van der Waals surface area contributed by atoms with Crippen LogP contribution in [0.4, 0.5) is 10.1 Å². The Morgan fingerprint density at radius 1 is 1.12 bits per heavy atom. The minimum Gasteiger partial charge on any atom is -0.370 e. The summed E-state index contributed by atoms with van der Waals surface area (Å²) in [5.74, 6) is -1.02. The maximum absolute atomic E-state index is 13.0. The molecule has 0 aliphatic heterocycles. The molecule has 3 aromatic rings. The molecule has 9 nitrogen and oxygen atoms in total. The molecule has 0 saturated heterocycles. The van der Waals surface area contributed by atoms with Crippen molar-refractivity contribution in [2.75, 3.05) is 39.0 Å². The zero-order valence-electron chi connectivity index (χ0n) is 17.9. The summed E-state index contributed by atoms with van der Waals surface area (Å²) in [6.07, 6.45) is 2.81. The number of rotatable bonds is 9. The van der Waals surface area contributed by atoms with Crippen molar-refractivity contribution in [3.05, 3.63) is 76.1 Å². The summed E-state index contributed by atoms with van der Waals surface area (Å²) in [6.45, 7) is 1.33. The van der Waals surface area contributed by atoms with Crippen molar-refractivity contribution in [1.29, 1.82) is 0 Å². The summed E-state index contributed by atoms with van der Waals surface area (Å²) >= 11 is 0. The molecule has 0 aliphatic rings. The first-order chi connectivity index (χ1) is 15.3. The molecule has 10 heteroatoms. The fraction of sp³-hybridized carbons (Fsp3) is 0.273. The monoisotopic (exact) mass is 440 g/mol. The highest BCUT2D eigenvalue weighted by molar-refractivity contribution is 5.99. The van der Waals surface area contributed by atoms with Crippen molar-refractivity contribution in [3.63, 3.8) is 0 Å². The van der Waals surface area contributed by atoms with Gasteiger partial charge in [-0.1, -0.05) is 12.1 Å². The number of likely N-dealkylation sites (N-methyl/N-ethyl adjacent to an activating group) is 1. The number of carbonyl (C=O) groups is 2. The summed E-state index contributed by atoms with van der Waals surface area (Å²) in [5, 5.41) is 8.28. The van der Waals surface area contributed by atoms with E-state index in [0.717, 1.165) is 5.56 Å². The van der Waals surface area contributed by atoms with Crippen molar-refractivity contribution in [2.24, 2.45) is 0 Å². The molecule has 32 heavy (non-hydrogen) atoms. The quantitative estimate of drug-likeness (QED) is 0.456. The molecule has 3 rings (SSSR count). The largest absolute Gasteiger partial charge is 0.370 e. The number of aromatic nitrogens is 2. The highest BCUT2D eigenvalue weighted by atomic mass is 19.1. The number of anilines is 1. The first kappa shape index (κ1) is 22.9. The van der Waals surface area contributed by atoms with Crippen molar-refractivity contribution < 1.29 is 14.0 Å². The Labute approximate surface area is 184 Å². The SMILES string of the molecule is CN(C)CCNC(=O)CNc1cnc2c(C(=O)NCc3ccc(F)cc3)cccn2c1=O. The fourth-order valence-corrected chi connectivity index (χ4v) is 2.94. The predicted octanol–water partition coefficient (Wildman–Crippen LogP) is 0.853. The van der Waals surface area contributed by atoms with Crippen LogP contribution in [0.25, 0.3) is 5.65 Å². The molecule has 1 aromatic carbocycles. The second-order valence-corrected chi connectivity index (χ2v) is 7.41. The molecule has 0 atom stereocenters. The highest BCUT2D eigenvalue weighted by Gasteiger charge is 2.14. The van der Waals surface area contributed by atoms with Crippen molar-refractivity contribution >= 4 is 23.1 Å². The van der Waals surface area contributed by atoms with Crippen LogP contribution in [0.1, 0.15) is 15.9 Å². The van der Waals surface area contributed by atoms with E-state index in [2.05, 4.69) is 20.9 Å². The van der Waals surface area contributed by atoms with Crippen LogP contribution in [0.3, 0.4) is 0 Å². The number of hydrogen-bond acceptors (Lipinski definition) is 6. The molecular weight excluding hydrogens is 415 g/mol. The van der Waals surface area contributed by atoms with E-state index >= 15 is 0 Å². The number of halogens is 1. The van der Waals surface area contributed by atoms with E-state index in [-0.39, 0.29) is 41.7 Å². The van der Waals surface area contributed by atoms with Crippen molar-refractivity contribution in [2.45, 2.75) is 6.54 Å². The van der Waals surface area contributed by atoms with Gasteiger partial charge in [0.2, 0.25) is 5.91 Å². The van der Waals surface area contributed by atoms with Crippen molar-refractivity contribution in [3.8, 4) is 0 Å². The molecule has 0 fully saturated rings. The standard InChI is InChI=1S/C22H25FN6O3/c1-28(2)11-9-24-19(30)14-25-18-13-26-20-17(4-3-10-29(20)22(18)32)21(31)27-12-15-5-7-16(23)8-6-15/h3-8,10,13,25H,9,11-12,14H2,1-2H3,(H,24,30)(H,27,31). The van der Waals surface area contributed by atoms with Gasteiger partial charge in [0.1, 0.15) is 11.5 Å². The summed E-state index contributed by atoms with van der Waals surface area (Å²) < 4.78 is 14.3. The second kappa shape index (κ2) is 10.5. The molecule has 2 heterocycles. The van der Waals surface area contributed by atoms with Crippen LogP contribution in [-0.4, -0.2) is 59.8 Å². The van der Waals surface area contributed by atoms with Crippen LogP contribution in [0.2, 0.25) is 0 Å². The minimum atomic E-state index is -0.427. The Morgan fingerprint density at radius 2 is 1.88 bits per heavy atom. The lowest BCUT2D eigenvalue weighted by Gasteiger charge is -2.12. The third-order valence-corrected chi connectivity index (χ3v) is 4.66. The number of amides is 2. The Bertz CT molecular complexity index is 1160. The molecule has 2 amide bonds. The second-order valence-electron chi connectivity index (χ2n) is 7.41. The van der Waals surface area contributed by atoms with Crippen molar-refractivity contribution in [1.82, 2.24) is 24.9 Å². The van der Waals surface area contributed by atoms with E-state index in [0.29, 0.717) is 13.1 Å². The third-order valence-electron chi connectivity index (χ3n) is 4.66. The number of carbonyl (C=O) groups excluding carboxylic acids is 2. The predicted molar refractivity (Wildman–Crippen MR) is 119 cm³/mol. The zero-order valence-corrected chi connectivity index (χ0v) is 17.9. The summed E-state index contributed by atoms with van der Waals surface area (Å²) in [7, 11) is 3.81. The van der Waals surface area contributed by atoms with Gasteiger partial charge in [0, 0.05) is 25.8 Å². The van der Waals surface area contributed by atoms with E-state index in [4.69, 9.17) is 0 Å². The number of pyridine rings is 1. The maximum atomic E-state index is 13.0. The molecule has 0 aliphatic carbocycles. The Hall–Kier alpha value is -3.79. The minimum absolute atomic E-state index is 0.0751. The van der Waals surface area contributed by atoms with Gasteiger partial charge in [0.05, 0.1) is 18.3 Å². The van der Waals surface area contributed by atoms with E-state index in [1.807, 2.05) is 19.0 Å². The Kier molecular flexibility index (Phi) is 7.50. The van der Waals surface area contributed by atoms with Gasteiger partial charge in [-0.15, -0.1) is 0 Å². The van der Waals surface area contributed by atoms with Crippen LogP contribution in [0.15, 0.2) is 53.6 Å². The van der Waals surface area contributed by atoms with Crippen LogP contribution in [-0.2, 0) is 11.3 Å². The Balaban J connectivity index is 1.69. The summed E-state index contributed by atoms with van der Waals surface area (Å²) in [5.41, 5.74) is 0.869. The fourth-order valence-electron chi connectivity index (χ4n) is 2.94. The molecule has 0 bridgehead atoms. The molecule has 0 spiro atoms. The summed E-state index contributed by atoms with van der Waals surface area (Å²) in [6, 6.07) is 8.93. The van der Waals surface area contributed by atoms with Crippen LogP contribution < -0.4 is 21.5 Å². The maximum Gasteiger partial charge on any atom is 0.281 e. The van der Waals surface area contributed by atoms with E-state index in [1.54, 1.807) is 24.3 Å². The number of fused-ring (bicyclic) bond motifs is 1. The van der Waals surface area contributed by atoms with Gasteiger partial charge in [0.25, 0.3) is 11.5 Å². The van der Waals surface area contributed by atoms with Gasteiger partial charge < -0.3 is 20.9 Å². The summed E-state index contributed by atoms with van der Waals surface area (Å²) in [4.78, 5) is 43.5. The number of hydrogen-bond donors (Lipinski definition) is 3. The average molecular weight is 440 g/mol. The van der Waals surface area contributed by atoms with E-state index in [9.17, 15) is 18.8 Å². The Morgan fingerprint density at radius 3 is 2.59 bits per heavy atom. The smallest absolute Gasteiger partial charge is 0.281 e. The lowest BCUT2D eigenvalue weighted by molar-refractivity contribution is -0.119. The van der Waals surface area contributed by atoms with Crippen LogP contribution in [0.5, 0.6) is 0 Å². The highest BCUT2D eigenvalue weighted by Crippen LogP contribution is 2.09. The first-order valence-corrected chi connectivity index (χ1v) is 10.0. The molecular formula is C22H25FN6O3. The molecule has 0 saturated carbocycles. The van der Waals surface area contributed by atoms with Gasteiger partial charge in [0.15, 0.2) is 5.65 Å².